The highest BCUT2D eigenvalue weighted by molar-refractivity contribution is 5.82. The summed E-state index contributed by atoms with van der Waals surface area (Å²) in [6, 6.07) is 0. The lowest BCUT2D eigenvalue weighted by Gasteiger charge is -2.44. The molecule has 0 bridgehead atoms. The Hall–Kier alpha value is -3.35. The molecule has 2 atom stereocenters. The van der Waals surface area contributed by atoms with E-state index < -0.39 is 29.2 Å². The van der Waals surface area contributed by atoms with Crippen LogP contribution in [0.5, 0.6) is 0 Å². The molecule has 0 radical (unpaired) electrons. The lowest BCUT2D eigenvalue weighted by atomic mass is 9.85. The van der Waals surface area contributed by atoms with Crippen LogP contribution in [-0.4, -0.2) is 86.2 Å². The first kappa shape index (κ1) is 51.7. The average Bonchev–Trinajstić information content (AvgIpc) is 3.15. The Bertz CT molecular complexity index is 1340. The molecule has 11 nitrogen and oxygen atoms in total. The van der Waals surface area contributed by atoms with Crippen molar-refractivity contribution >= 4 is 17.8 Å². The van der Waals surface area contributed by atoms with Crippen molar-refractivity contribution in [1.29, 1.82) is 0 Å². The van der Waals surface area contributed by atoms with Gasteiger partial charge < -0.3 is 39.4 Å². The van der Waals surface area contributed by atoms with Crippen LogP contribution in [0, 0.1) is 10.8 Å². The molecule has 2 aliphatic rings. The van der Waals surface area contributed by atoms with Crippen LogP contribution in [0.3, 0.4) is 0 Å². The number of aliphatic hydroxyl groups excluding tert-OH is 1. The fraction of sp³-hybridized carbons (Fsp3) is 0.674. The molecule has 0 saturated carbocycles. The van der Waals surface area contributed by atoms with Crippen molar-refractivity contribution in [1.82, 2.24) is 10.6 Å². The third-order valence-corrected chi connectivity index (χ3v) is 8.91. The van der Waals surface area contributed by atoms with Crippen molar-refractivity contribution in [2.45, 2.75) is 150 Å². The Morgan fingerprint density at radius 3 is 1.40 bits per heavy atom. The van der Waals surface area contributed by atoms with Crippen molar-refractivity contribution in [3.63, 3.8) is 0 Å². The van der Waals surface area contributed by atoms with Gasteiger partial charge in [0.05, 0.1) is 19.8 Å². The fourth-order valence-electron chi connectivity index (χ4n) is 5.50. The number of hydrogen-bond acceptors (Lipinski definition) is 9. The van der Waals surface area contributed by atoms with Gasteiger partial charge in [0.2, 0.25) is 11.8 Å². The number of nitrogens with one attached hydrogen (secondary N) is 2. The molecule has 0 aromatic heterocycles. The third-order valence-electron chi connectivity index (χ3n) is 8.91. The molecule has 0 aromatic rings. The maximum absolute atomic E-state index is 12.6. The van der Waals surface area contributed by atoms with Gasteiger partial charge in [-0.15, -0.1) is 0 Å². The van der Waals surface area contributed by atoms with Crippen LogP contribution in [0.15, 0.2) is 72.9 Å². The van der Waals surface area contributed by atoms with Gasteiger partial charge in [-0.3, -0.25) is 14.4 Å². The molecule has 0 aliphatic carbocycles. The number of aliphatic hydroxyl groups is 1. The maximum atomic E-state index is 12.6. The minimum atomic E-state index is -0.781. The predicted octanol–water partition coefficient (Wildman–Crippen LogP) is 8.35. The third kappa shape index (κ3) is 24.2. The Kier molecular flexibility index (Phi) is 25.5. The number of allylic oxidation sites excluding steroid dienone is 12. The quantitative estimate of drug-likeness (QED) is 0.0528. The highest BCUT2D eigenvalue weighted by Crippen LogP contribution is 2.36. The molecular weight excluding hydrogens is 725 g/mol. The zero-order valence-corrected chi connectivity index (χ0v) is 36.6. The minimum absolute atomic E-state index is 0.0732. The van der Waals surface area contributed by atoms with Gasteiger partial charge in [0.1, 0.15) is 12.2 Å². The molecule has 0 aromatic carbocycles. The standard InChI is InChI=1S/C34H53NO5.C12H23NO4/c1-6-7-8-9-10-11-12-13-14-15-16-17-18-19-20-21-22-23-24-26-30(36)38-28-25-27-35-32(37)31-33(2,3)29-39-34(4,5)40-31;1-11(2)8-16-12(3,4)17-9(11)10(15)13-6-5-7-14/h7-8,10-11,13-14,16-17,19-20,22-23,31H,6,9,12,15,18,21,24-29H2,1-5H3,(H,35,37);9,14H,5-8H2,1-4H3,(H,13,15)/b8-7-,11-10-,14-13-,17-16-,20-19-,23-22-;/t31-;9-/m11/s1. The molecule has 324 valence electrons. The maximum Gasteiger partial charge on any atom is 0.306 e. The number of esters is 1. The van der Waals surface area contributed by atoms with Crippen LogP contribution in [0.2, 0.25) is 0 Å². The molecule has 0 unspecified atom stereocenters. The Morgan fingerprint density at radius 2 is 1.00 bits per heavy atom. The van der Waals surface area contributed by atoms with Crippen molar-refractivity contribution in [3.05, 3.63) is 72.9 Å². The van der Waals surface area contributed by atoms with Gasteiger partial charge in [-0.05, 0) is 85.5 Å². The summed E-state index contributed by atoms with van der Waals surface area (Å²) < 4.78 is 28.0. The lowest BCUT2D eigenvalue weighted by molar-refractivity contribution is -0.304. The molecule has 57 heavy (non-hydrogen) atoms. The van der Waals surface area contributed by atoms with Gasteiger partial charge in [0.25, 0.3) is 0 Å². The van der Waals surface area contributed by atoms with E-state index in [9.17, 15) is 14.4 Å². The smallest absolute Gasteiger partial charge is 0.306 e. The molecule has 3 N–H and O–H groups in total. The zero-order valence-electron chi connectivity index (χ0n) is 36.6. The summed E-state index contributed by atoms with van der Waals surface area (Å²) in [7, 11) is 0. The van der Waals surface area contributed by atoms with Crippen LogP contribution in [-0.2, 0) is 38.1 Å². The van der Waals surface area contributed by atoms with E-state index in [1.165, 1.54) is 0 Å². The zero-order chi connectivity index (χ0) is 42.6. The first-order chi connectivity index (χ1) is 27.0. The summed E-state index contributed by atoms with van der Waals surface area (Å²) in [5.41, 5.74) is -0.758. The number of carbonyl (C=O) groups is 3. The van der Waals surface area contributed by atoms with Crippen molar-refractivity contribution < 1.29 is 43.2 Å². The van der Waals surface area contributed by atoms with E-state index in [0.29, 0.717) is 52.0 Å². The van der Waals surface area contributed by atoms with E-state index in [2.05, 4.69) is 84.4 Å². The Balaban J connectivity index is 0.000000792. The highest BCUT2D eigenvalue weighted by Gasteiger charge is 2.46. The second kappa shape index (κ2) is 28.1. The number of ether oxygens (including phenoxy) is 5. The van der Waals surface area contributed by atoms with E-state index in [1.54, 1.807) is 13.8 Å². The van der Waals surface area contributed by atoms with Crippen LogP contribution < -0.4 is 10.6 Å². The van der Waals surface area contributed by atoms with Gasteiger partial charge in [-0.2, -0.15) is 0 Å². The second-order valence-corrected chi connectivity index (χ2v) is 16.5. The SMILES string of the molecule is CC/C=C\C/C=C\C/C=C\C/C=C\C/C=C\C/C=C\CCC(=O)OCCCNC(=O)[C@H]1OC(C)(C)OCC1(C)C.CC1(C)OCC(C)(C)[C@@H](C(=O)NCCCO)O1. The van der Waals surface area contributed by atoms with Crippen molar-refractivity contribution in [2.24, 2.45) is 10.8 Å². The molecule has 2 amide bonds. The summed E-state index contributed by atoms with van der Waals surface area (Å²) >= 11 is 0. The molecule has 2 aliphatic heterocycles. The molecular formula is C46H76N2O9. The van der Waals surface area contributed by atoms with E-state index in [4.69, 9.17) is 28.8 Å². The summed E-state index contributed by atoms with van der Waals surface area (Å²) in [5.74, 6) is -2.03. The topological polar surface area (TPSA) is 142 Å². The summed E-state index contributed by atoms with van der Waals surface area (Å²) in [5, 5.41) is 14.3. The molecule has 0 spiro atoms. The molecule has 2 saturated heterocycles. The average molecular weight is 801 g/mol. The van der Waals surface area contributed by atoms with Crippen molar-refractivity contribution in [3.8, 4) is 0 Å². The van der Waals surface area contributed by atoms with Crippen LogP contribution in [0.25, 0.3) is 0 Å². The number of amides is 2. The lowest BCUT2D eigenvalue weighted by Crippen LogP contribution is -2.56. The molecule has 2 rings (SSSR count). The first-order valence-corrected chi connectivity index (χ1v) is 20.8. The van der Waals surface area contributed by atoms with Crippen LogP contribution >= 0.6 is 0 Å². The van der Waals surface area contributed by atoms with Crippen molar-refractivity contribution in [2.75, 3.05) is 39.5 Å². The molecule has 2 heterocycles. The second-order valence-electron chi connectivity index (χ2n) is 16.5. The highest BCUT2D eigenvalue weighted by atomic mass is 16.7. The van der Waals surface area contributed by atoms with Gasteiger partial charge in [0.15, 0.2) is 11.6 Å². The van der Waals surface area contributed by atoms with Gasteiger partial charge >= 0.3 is 5.97 Å². The van der Waals surface area contributed by atoms with Crippen LogP contribution in [0.4, 0.5) is 0 Å². The summed E-state index contributed by atoms with van der Waals surface area (Å²) in [6.07, 6.45) is 32.8. The van der Waals surface area contributed by atoms with Gasteiger partial charge in [-0.25, -0.2) is 0 Å². The molecule has 11 heteroatoms. The largest absolute Gasteiger partial charge is 0.466 e. The Labute approximate surface area is 344 Å². The first-order valence-electron chi connectivity index (χ1n) is 20.8. The number of rotatable bonds is 23. The van der Waals surface area contributed by atoms with Gasteiger partial charge in [-0.1, -0.05) is 108 Å². The van der Waals surface area contributed by atoms with E-state index in [0.717, 1.165) is 38.5 Å². The summed E-state index contributed by atoms with van der Waals surface area (Å²) in [4.78, 5) is 36.5. The van der Waals surface area contributed by atoms with E-state index in [-0.39, 0.29) is 36.4 Å². The number of hydrogen-bond donors (Lipinski definition) is 3. The monoisotopic (exact) mass is 801 g/mol. The normalized spacial score (nSPS) is 21.4. The minimum Gasteiger partial charge on any atom is -0.466 e. The van der Waals surface area contributed by atoms with Gasteiger partial charge in [0, 0.05) is 36.9 Å². The number of carbonyl (C=O) groups excluding carboxylic acids is 3. The summed E-state index contributed by atoms with van der Waals surface area (Å²) in [6.45, 7) is 19.3. The van der Waals surface area contributed by atoms with E-state index in [1.807, 2.05) is 47.6 Å². The predicted molar refractivity (Wildman–Crippen MR) is 228 cm³/mol. The van der Waals surface area contributed by atoms with Crippen LogP contribution in [0.1, 0.15) is 127 Å². The fourth-order valence-corrected chi connectivity index (χ4v) is 5.50. The molecule has 2 fully saturated rings. The Morgan fingerprint density at radius 1 is 0.614 bits per heavy atom. The van der Waals surface area contributed by atoms with E-state index >= 15 is 0 Å².